The van der Waals surface area contributed by atoms with Crippen molar-refractivity contribution < 1.29 is 37.4 Å². The van der Waals surface area contributed by atoms with Crippen LogP contribution in [0.25, 0.3) is 0 Å². The Morgan fingerprint density at radius 3 is 1.19 bits per heavy atom. The Morgan fingerprint density at radius 1 is 0.611 bits per heavy atom. The molecule has 14 heteroatoms. The number of halogens is 2. The third-order valence-electron chi connectivity index (χ3n) is 4.51. The minimum Gasteiger partial charge on any atom is -0.488 e. The summed E-state index contributed by atoms with van der Waals surface area (Å²) in [6, 6.07) is 6.82. The molecule has 0 radical (unpaired) electrons. The highest BCUT2D eigenvalue weighted by molar-refractivity contribution is 5.86. The SMILES string of the molecule is NC(=O)CN(CC(N)=O)c1ccc(F)cc1OCCOc1cc(F)ccc1N(CC(N)=O)CC(N)=O. The van der Waals surface area contributed by atoms with Crippen LogP contribution in [-0.4, -0.2) is 63.0 Å². The molecule has 36 heavy (non-hydrogen) atoms. The minimum absolute atomic E-state index is 0.0374. The smallest absolute Gasteiger partial charge is 0.236 e. The fraction of sp³-hybridized carbons (Fsp3) is 0.273. The van der Waals surface area contributed by atoms with Gasteiger partial charge in [-0.25, -0.2) is 8.78 Å². The minimum atomic E-state index is -0.759. The van der Waals surface area contributed by atoms with Crippen molar-refractivity contribution in [1.29, 1.82) is 0 Å². The first kappa shape index (κ1) is 27.6. The van der Waals surface area contributed by atoms with E-state index in [1.807, 2.05) is 0 Å². The number of rotatable bonds is 15. The number of hydrogen-bond donors (Lipinski definition) is 4. The summed E-state index contributed by atoms with van der Waals surface area (Å²) in [5.74, 6) is -4.43. The van der Waals surface area contributed by atoms with E-state index in [1.54, 1.807) is 0 Å². The number of hydrogen-bond acceptors (Lipinski definition) is 8. The first-order valence-corrected chi connectivity index (χ1v) is 10.4. The number of ether oxygens (including phenoxy) is 2. The molecule has 4 amide bonds. The Bertz CT molecular complexity index is 1010. The second-order valence-corrected chi connectivity index (χ2v) is 7.50. The molecule has 0 fully saturated rings. The van der Waals surface area contributed by atoms with Crippen LogP contribution in [-0.2, 0) is 19.2 Å². The van der Waals surface area contributed by atoms with Crippen molar-refractivity contribution >= 4 is 35.0 Å². The lowest BCUT2D eigenvalue weighted by molar-refractivity contribution is -0.119. The monoisotopic (exact) mass is 508 g/mol. The molecule has 0 spiro atoms. The lowest BCUT2D eigenvalue weighted by Gasteiger charge is -2.25. The summed E-state index contributed by atoms with van der Waals surface area (Å²) in [6.07, 6.45) is 0. The van der Waals surface area contributed by atoms with Crippen LogP contribution >= 0.6 is 0 Å². The molecule has 0 aliphatic rings. The fourth-order valence-electron chi connectivity index (χ4n) is 3.24. The molecule has 8 N–H and O–H groups in total. The molecule has 2 aromatic carbocycles. The zero-order valence-electron chi connectivity index (χ0n) is 19.1. The van der Waals surface area contributed by atoms with Gasteiger partial charge in [0.05, 0.1) is 37.6 Å². The molecular formula is C22H26F2N6O6. The molecule has 0 aromatic heterocycles. The maximum atomic E-state index is 13.9. The number of nitrogens with two attached hydrogens (primary N) is 4. The predicted octanol–water partition coefficient (Wildman–Crippen LogP) is -1.02. The Balaban J connectivity index is 2.19. The average Bonchev–Trinajstić information content (AvgIpc) is 2.74. The Kier molecular flexibility index (Phi) is 9.77. The molecule has 0 aliphatic carbocycles. The fourth-order valence-corrected chi connectivity index (χ4v) is 3.24. The number of nitrogens with zero attached hydrogens (tertiary/aromatic N) is 2. The predicted molar refractivity (Wildman–Crippen MR) is 125 cm³/mol. The van der Waals surface area contributed by atoms with Crippen molar-refractivity contribution in [2.24, 2.45) is 22.9 Å². The summed E-state index contributed by atoms with van der Waals surface area (Å²) >= 11 is 0. The van der Waals surface area contributed by atoms with E-state index in [0.717, 1.165) is 24.3 Å². The van der Waals surface area contributed by atoms with Crippen LogP contribution in [0.3, 0.4) is 0 Å². The molecule has 0 saturated carbocycles. The maximum absolute atomic E-state index is 13.9. The maximum Gasteiger partial charge on any atom is 0.236 e. The number of anilines is 2. The van der Waals surface area contributed by atoms with E-state index < -0.39 is 35.3 Å². The molecule has 0 unspecified atom stereocenters. The van der Waals surface area contributed by atoms with Gasteiger partial charge in [0, 0.05) is 12.1 Å². The molecule has 0 saturated heterocycles. The summed E-state index contributed by atoms with van der Waals surface area (Å²) < 4.78 is 38.9. The third-order valence-corrected chi connectivity index (χ3v) is 4.51. The second kappa shape index (κ2) is 12.7. The van der Waals surface area contributed by atoms with Crippen molar-refractivity contribution in [3.8, 4) is 11.5 Å². The summed E-state index contributed by atoms with van der Waals surface area (Å²) in [5.41, 5.74) is 21.2. The van der Waals surface area contributed by atoms with Gasteiger partial charge < -0.3 is 42.2 Å². The molecule has 0 bridgehead atoms. The first-order valence-electron chi connectivity index (χ1n) is 10.4. The van der Waals surface area contributed by atoms with Gasteiger partial charge in [-0.05, 0) is 24.3 Å². The number of benzene rings is 2. The van der Waals surface area contributed by atoms with Crippen LogP contribution in [0, 0.1) is 11.6 Å². The lowest BCUT2D eigenvalue weighted by atomic mass is 10.2. The van der Waals surface area contributed by atoms with Crippen molar-refractivity contribution in [3.63, 3.8) is 0 Å². The van der Waals surface area contributed by atoms with E-state index in [2.05, 4.69) is 0 Å². The van der Waals surface area contributed by atoms with E-state index in [4.69, 9.17) is 32.4 Å². The molecule has 2 aromatic rings. The number of carbonyl (C=O) groups excluding carboxylic acids is 4. The highest BCUT2D eigenvalue weighted by Gasteiger charge is 2.19. The molecule has 0 heterocycles. The summed E-state index contributed by atoms with van der Waals surface area (Å²) in [4.78, 5) is 48.1. The lowest BCUT2D eigenvalue weighted by Crippen LogP contribution is -2.40. The Labute approximate surface area is 204 Å². The van der Waals surface area contributed by atoms with E-state index >= 15 is 0 Å². The van der Waals surface area contributed by atoms with Gasteiger partial charge in [-0.3, -0.25) is 19.2 Å². The van der Waals surface area contributed by atoms with E-state index in [-0.39, 0.29) is 62.3 Å². The van der Waals surface area contributed by atoms with Crippen LogP contribution in [0.5, 0.6) is 11.5 Å². The van der Waals surface area contributed by atoms with E-state index in [1.165, 1.54) is 21.9 Å². The van der Waals surface area contributed by atoms with Gasteiger partial charge in [0.1, 0.15) is 36.3 Å². The number of amides is 4. The van der Waals surface area contributed by atoms with Crippen molar-refractivity contribution in [2.45, 2.75) is 0 Å². The third kappa shape index (κ3) is 8.62. The second-order valence-electron chi connectivity index (χ2n) is 7.50. The van der Waals surface area contributed by atoms with E-state index in [9.17, 15) is 28.0 Å². The largest absolute Gasteiger partial charge is 0.488 e. The van der Waals surface area contributed by atoms with Gasteiger partial charge in [0.15, 0.2) is 0 Å². The normalized spacial score (nSPS) is 10.4. The van der Waals surface area contributed by atoms with Gasteiger partial charge in [-0.2, -0.15) is 0 Å². The van der Waals surface area contributed by atoms with Crippen LogP contribution in [0.1, 0.15) is 0 Å². The van der Waals surface area contributed by atoms with Crippen LogP contribution < -0.4 is 42.2 Å². The quantitative estimate of drug-likeness (QED) is 0.219. The van der Waals surface area contributed by atoms with Crippen LogP contribution in [0.2, 0.25) is 0 Å². The van der Waals surface area contributed by atoms with E-state index in [0.29, 0.717) is 0 Å². The van der Waals surface area contributed by atoms with Gasteiger partial charge in [-0.1, -0.05) is 0 Å². The number of primary amides is 4. The van der Waals surface area contributed by atoms with Crippen molar-refractivity contribution in [1.82, 2.24) is 0 Å². The zero-order chi connectivity index (χ0) is 26.8. The highest BCUT2D eigenvalue weighted by Crippen LogP contribution is 2.31. The summed E-state index contributed by atoms with van der Waals surface area (Å²) in [6.45, 7) is -1.93. The summed E-state index contributed by atoms with van der Waals surface area (Å²) in [7, 11) is 0. The topological polar surface area (TPSA) is 197 Å². The standard InChI is InChI=1S/C22H26F2N6O6/c23-13-1-3-15(29(9-19(25)31)10-20(26)32)17(7-13)35-5-6-36-18-8-14(24)2-4-16(18)30(11-21(27)33)12-22(28)34/h1-4,7-8H,5-6,9-12H2,(H2,25,31)(H2,26,32)(H2,27,33)(H2,28,34). The molecule has 194 valence electrons. The molecule has 2 rings (SSSR count). The Hall–Kier alpha value is -4.62. The highest BCUT2D eigenvalue weighted by atomic mass is 19.1. The van der Waals surface area contributed by atoms with Crippen LogP contribution in [0.4, 0.5) is 20.2 Å². The van der Waals surface area contributed by atoms with Gasteiger partial charge in [0.2, 0.25) is 23.6 Å². The van der Waals surface area contributed by atoms with Crippen molar-refractivity contribution in [2.75, 3.05) is 49.2 Å². The number of carbonyl (C=O) groups is 4. The van der Waals surface area contributed by atoms with Gasteiger partial charge in [-0.15, -0.1) is 0 Å². The summed E-state index contributed by atoms with van der Waals surface area (Å²) in [5, 5.41) is 0. The average molecular weight is 508 g/mol. The molecule has 0 atom stereocenters. The van der Waals surface area contributed by atoms with Gasteiger partial charge in [0.25, 0.3) is 0 Å². The Morgan fingerprint density at radius 2 is 0.917 bits per heavy atom. The zero-order valence-corrected chi connectivity index (χ0v) is 19.1. The van der Waals surface area contributed by atoms with Gasteiger partial charge >= 0.3 is 0 Å². The first-order chi connectivity index (χ1) is 17.0. The molecular weight excluding hydrogens is 482 g/mol. The molecule has 12 nitrogen and oxygen atoms in total. The molecule has 0 aliphatic heterocycles. The van der Waals surface area contributed by atoms with Crippen molar-refractivity contribution in [3.05, 3.63) is 48.0 Å². The van der Waals surface area contributed by atoms with Crippen LogP contribution in [0.15, 0.2) is 36.4 Å².